The van der Waals surface area contributed by atoms with Crippen molar-refractivity contribution >= 4 is 21.9 Å². The van der Waals surface area contributed by atoms with Crippen molar-refractivity contribution in [2.45, 2.75) is 71.1 Å². The van der Waals surface area contributed by atoms with Gasteiger partial charge in [0.15, 0.2) is 0 Å². The molecule has 0 aliphatic rings. The van der Waals surface area contributed by atoms with Gasteiger partial charge in [0, 0.05) is 13.1 Å². The van der Waals surface area contributed by atoms with Gasteiger partial charge in [-0.25, -0.2) is 8.42 Å². The molecule has 0 aromatic heterocycles. The fourth-order valence-electron chi connectivity index (χ4n) is 4.82. The maximum atomic E-state index is 13.8. The summed E-state index contributed by atoms with van der Waals surface area (Å²) in [5, 5.41) is 14.6. The summed E-state index contributed by atoms with van der Waals surface area (Å²) in [6, 6.07) is 23.9. The highest BCUT2D eigenvalue weighted by molar-refractivity contribution is 7.89. The van der Waals surface area contributed by atoms with E-state index >= 15 is 0 Å². The number of rotatable bonds is 17. The van der Waals surface area contributed by atoms with Crippen molar-refractivity contribution in [1.29, 1.82) is 0 Å². The van der Waals surface area contributed by atoms with Crippen LogP contribution in [0.4, 0.5) is 0 Å². The second kappa shape index (κ2) is 16.7. The molecule has 0 saturated carbocycles. The zero-order valence-corrected chi connectivity index (χ0v) is 28.5. The van der Waals surface area contributed by atoms with Gasteiger partial charge in [-0.15, -0.1) is 0 Å². The number of nitrogens with one attached hydrogen (secondary N) is 1. The van der Waals surface area contributed by atoms with Crippen molar-refractivity contribution < 1.29 is 32.6 Å². The van der Waals surface area contributed by atoms with Crippen LogP contribution in [0.15, 0.2) is 89.8 Å². The number of esters is 1. The number of sulfonamides is 1. The molecule has 2 N–H and O–H groups in total. The van der Waals surface area contributed by atoms with Crippen molar-refractivity contribution in [3.05, 3.63) is 96.1 Å². The third-order valence-corrected chi connectivity index (χ3v) is 10.2. The molecular weight excluding hydrogens is 604 g/mol. The molecule has 0 saturated heterocycles. The van der Waals surface area contributed by atoms with E-state index in [0.717, 1.165) is 11.1 Å². The average Bonchev–Trinajstić information content (AvgIpc) is 3.05. The van der Waals surface area contributed by atoms with E-state index in [4.69, 9.17) is 9.47 Å². The second-order valence-corrected chi connectivity index (χ2v) is 14.5. The zero-order valence-electron chi connectivity index (χ0n) is 27.7. The van der Waals surface area contributed by atoms with E-state index in [9.17, 15) is 23.1 Å². The van der Waals surface area contributed by atoms with Gasteiger partial charge in [0.25, 0.3) is 0 Å². The highest BCUT2D eigenvalue weighted by Gasteiger charge is 2.41. The SMILES string of the molecule is COc1ccc(S(=O)(=O)N(CCC(C)C)C[C@H](O)[C@@H](Cc2ccccc2)NC(=O)[C@@H](C)C(C)(C)C(=O)OCc2ccccc2)cc1. The summed E-state index contributed by atoms with van der Waals surface area (Å²) in [4.78, 5) is 26.9. The van der Waals surface area contributed by atoms with Crippen molar-refractivity contribution in [3.8, 4) is 5.75 Å². The maximum Gasteiger partial charge on any atom is 0.312 e. The Hall–Kier alpha value is -3.73. The average molecular weight is 653 g/mol. The molecule has 0 heterocycles. The minimum atomic E-state index is -3.99. The van der Waals surface area contributed by atoms with Gasteiger partial charge in [-0.3, -0.25) is 9.59 Å². The maximum absolute atomic E-state index is 13.8. The smallest absolute Gasteiger partial charge is 0.312 e. The Morgan fingerprint density at radius 3 is 2.00 bits per heavy atom. The fourth-order valence-corrected chi connectivity index (χ4v) is 6.29. The largest absolute Gasteiger partial charge is 0.497 e. The zero-order chi connectivity index (χ0) is 33.9. The molecule has 46 heavy (non-hydrogen) atoms. The summed E-state index contributed by atoms with van der Waals surface area (Å²) in [5.41, 5.74) is 0.511. The quantitative estimate of drug-likeness (QED) is 0.192. The number of hydrogen-bond donors (Lipinski definition) is 2. The van der Waals surface area contributed by atoms with E-state index in [1.165, 1.54) is 23.5 Å². The number of amides is 1. The van der Waals surface area contributed by atoms with E-state index in [1.807, 2.05) is 74.5 Å². The second-order valence-electron chi connectivity index (χ2n) is 12.6. The first-order valence-corrected chi connectivity index (χ1v) is 17.1. The Morgan fingerprint density at radius 2 is 1.46 bits per heavy atom. The molecule has 250 valence electrons. The first-order valence-electron chi connectivity index (χ1n) is 15.6. The third-order valence-electron chi connectivity index (χ3n) is 8.35. The van der Waals surface area contributed by atoms with Gasteiger partial charge in [0.1, 0.15) is 12.4 Å². The number of carbonyl (C=O) groups excluding carboxylic acids is 2. The topological polar surface area (TPSA) is 122 Å². The van der Waals surface area contributed by atoms with E-state index in [-0.39, 0.29) is 36.9 Å². The van der Waals surface area contributed by atoms with E-state index < -0.39 is 45.4 Å². The Kier molecular flexibility index (Phi) is 13.4. The third kappa shape index (κ3) is 10.1. The molecule has 0 aliphatic heterocycles. The van der Waals surface area contributed by atoms with Gasteiger partial charge in [-0.2, -0.15) is 4.31 Å². The minimum absolute atomic E-state index is 0.0808. The molecule has 0 radical (unpaired) electrons. The van der Waals surface area contributed by atoms with E-state index in [0.29, 0.717) is 12.2 Å². The fraction of sp³-hybridized carbons (Fsp3) is 0.444. The predicted octanol–water partition coefficient (Wildman–Crippen LogP) is 5.23. The van der Waals surface area contributed by atoms with Crippen molar-refractivity contribution in [3.63, 3.8) is 0 Å². The van der Waals surface area contributed by atoms with Crippen LogP contribution >= 0.6 is 0 Å². The van der Waals surface area contributed by atoms with Gasteiger partial charge >= 0.3 is 5.97 Å². The lowest BCUT2D eigenvalue weighted by molar-refractivity contribution is -0.161. The highest BCUT2D eigenvalue weighted by atomic mass is 32.2. The number of ether oxygens (including phenoxy) is 2. The molecule has 3 aromatic carbocycles. The number of aliphatic hydroxyl groups excluding tert-OH is 1. The highest BCUT2D eigenvalue weighted by Crippen LogP contribution is 2.29. The van der Waals surface area contributed by atoms with Crippen LogP contribution < -0.4 is 10.1 Å². The lowest BCUT2D eigenvalue weighted by Crippen LogP contribution is -2.53. The van der Waals surface area contributed by atoms with Gasteiger partial charge in [0.2, 0.25) is 15.9 Å². The van der Waals surface area contributed by atoms with Crippen LogP contribution in [0.1, 0.15) is 52.2 Å². The first kappa shape index (κ1) is 36.7. The summed E-state index contributed by atoms with van der Waals surface area (Å²) < 4.78 is 39.6. The number of carbonyl (C=O) groups is 2. The number of nitrogens with zero attached hydrogens (tertiary/aromatic N) is 1. The minimum Gasteiger partial charge on any atom is -0.497 e. The summed E-state index contributed by atoms with van der Waals surface area (Å²) in [6.07, 6.45) is -0.432. The van der Waals surface area contributed by atoms with Crippen molar-refractivity contribution in [2.75, 3.05) is 20.2 Å². The number of aliphatic hydroxyl groups is 1. The molecule has 1 amide bonds. The molecule has 0 bridgehead atoms. The van der Waals surface area contributed by atoms with Gasteiger partial charge < -0.3 is 19.9 Å². The van der Waals surface area contributed by atoms with Crippen molar-refractivity contribution in [1.82, 2.24) is 9.62 Å². The molecule has 0 fully saturated rings. The van der Waals surface area contributed by atoms with Gasteiger partial charge in [-0.1, -0.05) is 81.4 Å². The normalized spacial score (nSPS) is 14.0. The van der Waals surface area contributed by atoms with Crippen LogP contribution in [0.25, 0.3) is 0 Å². The summed E-state index contributed by atoms with van der Waals surface area (Å²) >= 11 is 0. The number of methoxy groups -OCH3 is 1. The number of hydrogen-bond acceptors (Lipinski definition) is 7. The predicted molar refractivity (Wildman–Crippen MR) is 178 cm³/mol. The van der Waals surface area contributed by atoms with Crippen LogP contribution in [-0.2, 0) is 37.4 Å². The molecular formula is C36H48N2O7S. The standard InChI is InChI=1S/C36H48N2O7S/c1-26(2)21-22-38(46(42,43)31-19-17-30(44-6)18-20-31)24-33(39)32(23-28-13-9-7-10-14-28)37-34(40)27(3)36(4,5)35(41)45-25-29-15-11-8-12-16-29/h7-20,26-27,32-33,39H,21-25H2,1-6H3,(H,37,40)/t27-,32-,33+/m1/s1. The van der Waals surface area contributed by atoms with Crippen molar-refractivity contribution in [2.24, 2.45) is 17.3 Å². The summed E-state index contributed by atoms with van der Waals surface area (Å²) in [6.45, 7) is 8.99. The Labute approximate surface area is 274 Å². The molecule has 3 rings (SSSR count). The lowest BCUT2D eigenvalue weighted by atomic mass is 9.79. The molecule has 10 heteroatoms. The summed E-state index contributed by atoms with van der Waals surface area (Å²) in [7, 11) is -2.48. The Morgan fingerprint density at radius 1 is 0.891 bits per heavy atom. The number of benzene rings is 3. The monoisotopic (exact) mass is 652 g/mol. The summed E-state index contributed by atoms with van der Waals surface area (Å²) in [5.74, 6) is -1.05. The molecule has 0 unspecified atom stereocenters. The van der Waals surface area contributed by atoms with Crippen LogP contribution in [0.5, 0.6) is 5.75 Å². The first-order chi connectivity index (χ1) is 21.7. The molecule has 9 nitrogen and oxygen atoms in total. The molecule has 0 aliphatic carbocycles. The van der Waals surface area contributed by atoms with Crippen LogP contribution in [0, 0.1) is 17.3 Å². The van der Waals surface area contributed by atoms with Crippen LogP contribution in [0.3, 0.4) is 0 Å². The van der Waals surface area contributed by atoms with E-state index in [2.05, 4.69) is 5.32 Å². The van der Waals surface area contributed by atoms with Crippen LogP contribution in [-0.4, -0.2) is 62.1 Å². The lowest BCUT2D eigenvalue weighted by Gasteiger charge is -2.33. The molecule has 0 spiro atoms. The Bertz CT molecular complexity index is 1490. The van der Waals surface area contributed by atoms with Crippen LogP contribution in [0.2, 0.25) is 0 Å². The van der Waals surface area contributed by atoms with E-state index in [1.54, 1.807) is 32.9 Å². The van der Waals surface area contributed by atoms with Gasteiger partial charge in [0.05, 0.1) is 35.5 Å². The molecule has 3 atom stereocenters. The van der Waals surface area contributed by atoms with Gasteiger partial charge in [-0.05, 0) is 68.0 Å². The Balaban J connectivity index is 1.83. The molecule has 3 aromatic rings.